The van der Waals surface area contributed by atoms with Crippen molar-refractivity contribution in [2.75, 3.05) is 52.9 Å². The molecule has 6 nitrogen and oxygen atoms in total. The first kappa shape index (κ1) is 22.3. The SMILES string of the molecule is CCC(C(=O)NCCCNCCCCNCCCN)N(C)CC. The van der Waals surface area contributed by atoms with Gasteiger partial charge in [0.1, 0.15) is 0 Å². The summed E-state index contributed by atoms with van der Waals surface area (Å²) in [5, 5.41) is 9.85. The minimum absolute atomic E-state index is 0.000250. The molecule has 1 atom stereocenters. The molecule has 1 unspecified atom stereocenters. The monoisotopic (exact) mass is 329 g/mol. The molecular weight excluding hydrogens is 290 g/mol. The molecule has 0 aromatic heterocycles. The molecule has 1 amide bonds. The number of amides is 1. The molecule has 0 rings (SSSR count). The number of carbonyl (C=O) groups is 1. The van der Waals surface area contributed by atoms with E-state index in [1.54, 1.807) is 0 Å². The summed E-state index contributed by atoms with van der Waals surface area (Å²) >= 11 is 0. The number of nitrogens with one attached hydrogen (secondary N) is 3. The molecule has 0 aliphatic rings. The molecule has 138 valence electrons. The van der Waals surface area contributed by atoms with Gasteiger partial charge in [-0.1, -0.05) is 13.8 Å². The Labute approximate surface area is 142 Å². The van der Waals surface area contributed by atoms with Crippen molar-refractivity contribution in [1.29, 1.82) is 0 Å². The van der Waals surface area contributed by atoms with Crippen LogP contribution in [0.5, 0.6) is 0 Å². The lowest BCUT2D eigenvalue weighted by Crippen LogP contribution is -2.45. The number of hydrogen-bond donors (Lipinski definition) is 4. The molecule has 0 aromatic rings. The molecule has 0 spiro atoms. The first-order valence-electron chi connectivity index (χ1n) is 9.26. The Kier molecular flexibility index (Phi) is 15.7. The van der Waals surface area contributed by atoms with Crippen molar-refractivity contribution in [3.05, 3.63) is 0 Å². The Morgan fingerprint density at radius 2 is 1.52 bits per heavy atom. The molecular formula is C17H39N5O. The topological polar surface area (TPSA) is 82.4 Å². The van der Waals surface area contributed by atoms with E-state index in [0.717, 1.165) is 65.1 Å². The Bertz CT molecular complexity index is 276. The zero-order chi connectivity index (χ0) is 17.3. The van der Waals surface area contributed by atoms with Crippen molar-refractivity contribution in [1.82, 2.24) is 20.9 Å². The highest BCUT2D eigenvalue weighted by molar-refractivity contribution is 5.81. The van der Waals surface area contributed by atoms with Crippen LogP contribution in [0.3, 0.4) is 0 Å². The van der Waals surface area contributed by atoms with Gasteiger partial charge in [0.25, 0.3) is 0 Å². The van der Waals surface area contributed by atoms with E-state index in [4.69, 9.17) is 5.73 Å². The fourth-order valence-electron chi connectivity index (χ4n) is 2.44. The van der Waals surface area contributed by atoms with Gasteiger partial charge < -0.3 is 21.7 Å². The number of hydrogen-bond acceptors (Lipinski definition) is 5. The van der Waals surface area contributed by atoms with Crippen LogP contribution < -0.4 is 21.7 Å². The van der Waals surface area contributed by atoms with E-state index >= 15 is 0 Å². The summed E-state index contributed by atoms with van der Waals surface area (Å²) < 4.78 is 0. The van der Waals surface area contributed by atoms with Gasteiger partial charge >= 0.3 is 0 Å². The fraction of sp³-hybridized carbons (Fsp3) is 0.941. The van der Waals surface area contributed by atoms with Gasteiger partial charge in [0.2, 0.25) is 5.91 Å². The molecule has 0 bridgehead atoms. The highest BCUT2D eigenvalue weighted by Crippen LogP contribution is 2.01. The van der Waals surface area contributed by atoms with Crippen LogP contribution >= 0.6 is 0 Å². The van der Waals surface area contributed by atoms with Crippen molar-refractivity contribution in [2.24, 2.45) is 5.73 Å². The van der Waals surface area contributed by atoms with Crippen LogP contribution in [-0.2, 0) is 4.79 Å². The van der Waals surface area contributed by atoms with E-state index < -0.39 is 0 Å². The fourth-order valence-corrected chi connectivity index (χ4v) is 2.44. The summed E-state index contributed by atoms with van der Waals surface area (Å²) in [6.45, 7) is 10.6. The third kappa shape index (κ3) is 12.4. The van der Waals surface area contributed by atoms with E-state index in [-0.39, 0.29) is 11.9 Å². The number of rotatable bonds is 16. The first-order chi connectivity index (χ1) is 11.2. The quantitative estimate of drug-likeness (QED) is 0.311. The highest BCUT2D eigenvalue weighted by Gasteiger charge is 2.19. The van der Waals surface area contributed by atoms with E-state index in [9.17, 15) is 4.79 Å². The zero-order valence-corrected chi connectivity index (χ0v) is 15.5. The van der Waals surface area contributed by atoms with Crippen molar-refractivity contribution in [2.45, 2.75) is 52.0 Å². The minimum atomic E-state index is -0.000250. The van der Waals surface area contributed by atoms with Gasteiger partial charge in [0.15, 0.2) is 0 Å². The second-order valence-electron chi connectivity index (χ2n) is 5.99. The molecule has 0 aromatic carbocycles. The lowest BCUT2D eigenvalue weighted by molar-refractivity contribution is -0.126. The van der Waals surface area contributed by atoms with E-state index in [1.807, 2.05) is 7.05 Å². The Morgan fingerprint density at radius 1 is 0.957 bits per heavy atom. The summed E-state index contributed by atoms with van der Waals surface area (Å²) in [7, 11) is 2.00. The maximum Gasteiger partial charge on any atom is 0.237 e. The molecule has 0 aliphatic carbocycles. The summed E-state index contributed by atoms with van der Waals surface area (Å²) in [5.74, 6) is 0.153. The predicted molar refractivity (Wildman–Crippen MR) is 98.7 cm³/mol. The molecule has 0 fully saturated rings. The van der Waals surface area contributed by atoms with Gasteiger partial charge in [-0.25, -0.2) is 0 Å². The number of unbranched alkanes of at least 4 members (excludes halogenated alkanes) is 1. The van der Waals surface area contributed by atoms with Crippen molar-refractivity contribution < 1.29 is 4.79 Å². The number of nitrogens with two attached hydrogens (primary N) is 1. The van der Waals surface area contributed by atoms with Gasteiger partial charge in [0.05, 0.1) is 6.04 Å². The first-order valence-corrected chi connectivity index (χ1v) is 9.26. The molecule has 5 N–H and O–H groups in total. The second kappa shape index (κ2) is 16.2. The molecule has 0 saturated heterocycles. The summed E-state index contributed by atoms with van der Waals surface area (Å²) in [6.07, 6.45) is 5.26. The van der Waals surface area contributed by atoms with Gasteiger partial charge in [0, 0.05) is 6.54 Å². The Hall–Kier alpha value is -0.690. The standard InChI is InChI=1S/C17H39N5O/c1-4-16(22(3)5-2)17(23)21-15-9-14-20-12-7-6-11-19-13-8-10-18/h16,19-20H,4-15,18H2,1-3H3,(H,21,23). The third-order valence-corrected chi connectivity index (χ3v) is 4.06. The van der Waals surface area contributed by atoms with E-state index in [0.29, 0.717) is 0 Å². The van der Waals surface area contributed by atoms with Crippen molar-refractivity contribution in [3.63, 3.8) is 0 Å². The number of nitrogens with zero attached hydrogens (tertiary/aromatic N) is 1. The average molecular weight is 330 g/mol. The van der Waals surface area contributed by atoms with Crippen molar-refractivity contribution in [3.8, 4) is 0 Å². The lowest BCUT2D eigenvalue weighted by atomic mass is 10.2. The molecule has 6 heteroatoms. The summed E-state index contributed by atoms with van der Waals surface area (Å²) in [4.78, 5) is 14.2. The van der Waals surface area contributed by atoms with Gasteiger partial charge in [-0.15, -0.1) is 0 Å². The molecule has 23 heavy (non-hydrogen) atoms. The van der Waals surface area contributed by atoms with Crippen LogP contribution in [-0.4, -0.2) is 69.7 Å². The molecule has 0 saturated carbocycles. The largest absolute Gasteiger partial charge is 0.355 e. The van der Waals surface area contributed by atoms with Crippen LogP contribution in [0.4, 0.5) is 0 Å². The van der Waals surface area contributed by atoms with Crippen LogP contribution in [0, 0.1) is 0 Å². The predicted octanol–water partition coefficient (Wildman–Crippen LogP) is 0.531. The van der Waals surface area contributed by atoms with Gasteiger partial charge in [-0.3, -0.25) is 9.69 Å². The molecule has 0 radical (unpaired) electrons. The zero-order valence-electron chi connectivity index (χ0n) is 15.5. The van der Waals surface area contributed by atoms with Crippen LogP contribution in [0.25, 0.3) is 0 Å². The van der Waals surface area contributed by atoms with Gasteiger partial charge in [-0.2, -0.15) is 0 Å². The van der Waals surface area contributed by atoms with Crippen molar-refractivity contribution >= 4 is 5.91 Å². The number of carbonyl (C=O) groups excluding carboxylic acids is 1. The average Bonchev–Trinajstić information content (AvgIpc) is 2.56. The summed E-state index contributed by atoms with van der Waals surface area (Å²) in [5.41, 5.74) is 5.44. The molecule has 0 aliphatic heterocycles. The van der Waals surface area contributed by atoms with Crippen LogP contribution in [0.2, 0.25) is 0 Å². The van der Waals surface area contributed by atoms with E-state index in [1.165, 1.54) is 12.8 Å². The Morgan fingerprint density at radius 3 is 2.04 bits per heavy atom. The molecule has 0 heterocycles. The maximum atomic E-state index is 12.1. The number of likely N-dealkylation sites (N-methyl/N-ethyl adjacent to an activating group) is 1. The third-order valence-electron chi connectivity index (χ3n) is 4.06. The highest BCUT2D eigenvalue weighted by atomic mass is 16.2. The maximum absolute atomic E-state index is 12.1. The Balaban J connectivity index is 3.40. The van der Waals surface area contributed by atoms with Crippen LogP contribution in [0.15, 0.2) is 0 Å². The smallest absolute Gasteiger partial charge is 0.237 e. The van der Waals surface area contributed by atoms with Gasteiger partial charge in [-0.05, 0) is 78.4 Å². The normalized spacial score (nSPS) is 12.6. The summed E-state index contributed by atoms with van der Waals surface area (Å²) in [6, 6.07) is -0.000250. The lowest BCUT2D eigenvalue weighted by Gasteiger charge is -2.24. The van der Waals surface area contributed by atoms with E-state index in [2.05, 4.69) is 34.7 Å². The van der Waals surface area contributed by atoms with Crippen LogP contribution in [0.1, 0.15) is 46.0 Å². The second-order valence-corrected chi connectivity index (χ2v) is 5.99. The minimum Gasteiger partial charge on any atom is -0.355 e.